The van der Waals surface area contributed by atoms with Crippen molar-refractivity contribution in [2.24, 2.45) is 0 Å². The molecule has 2 aromatic carbocycles. The van der Waals surface area contributed by atoms with Gasteiger partial charge in [0.2, 0.25) is 15.9 Å². The maximum Gasteiger partial charge on any atom is 0.271 e. The lowest BCUT2D eigenvalue weighted by atomic mass is 10.1. The van der Waals surface area contributed by atoms with Crippen molar-refractivity contribution < 1.29 is 22.9 Å². The van der Waals surface area contributed by atoms with E-state index in [-0.39, 0.29) is 17.1 Å². The third-order valence-corrected chi connectivity index (χ3v) is 6.33. The van der Waals surface area contributed by atoms with Crippen molar-refractivity contribution in [3.05, 3.63) is 52.6 Å². The van der Waals surface area contributed by atoms with E-state index in [1.807, 2.05) is 12.1 Å². The number of anilines is 3. The molecule has 1 amide bonds. The summed E-state index contributed by atoms with van der Waals surface area (Å²) in [5.74, 6) is -0.491. The number of sulfonamides is 1. The van der Waals surface area contributed by atoms with Gasteiger partial charge in [0.05, 0.1) is 18.3 Å². The van der Waals surface area contributed by atoms with Gasteiger partial charge in [-0.25, -0.2) is 8.42 Å². The van der Waals surface area contributed by atoms with Gasteiger partial charge in [0.1, 0.15) is 18.0 Å². The molecule has 1 heterocycles. The number of rotatable bonds is 8. The van der Waals surface area contributed by atoms with E-state index in [1.165, 1.54) is 25.7 Å². The van der Waals surface area contributed by atoms with Gasteiger partial charge >= 0.3 is 0 Å². The highest BCUT2D eigenvalue weighted by atomic mass is 32.2. The van der Waals surface area contributed by atoms with E-state index < -0.39 is 27.4 Å². The van der Waals surface area contributed by atoms with Gasteiger partial charge in [0.25, 0.3) is 5.69 Å². The molecule has 1 saturated heterocycles. The molecule has 1 N–H and O–H groups in total. The Balaban J connectivity index is 1.78. The molecular formula is C21H26N4O6S. The van der Waals surface area contributed by atoms with Gasteiger partial charge in [0, 0.05) is 36.6 Å². The number of ether oxygens (including phenoxy) is 1. The second-order valence-corrected chi connectivity index (χ2v) is 9.43. The van der Waals surface area contributed by atoms with Crippen LogP contribution in [-0.4, -0.2) is 52.2 Å². The monoisotopic (exact) mass is 462 g/mol. The average molecular weight is 463 g/mol. The molecular weight excluding hydrogens is 436 g/mol. The fourth-order valence-electron chi connectivity index (χ4n) is 3.61. The van der Waals surface area contributed by atoms with Crippen LogP contribution in [0.15, 0.2) is 42.5 Å². The molecule has 1 aliphatic rings. The molecule has 0 aliphatic carbocycles. The Morgan fingerprint density at radius 3 is 2.38 bits per heavy atom. The van der Waals surface area contributed by atoms with E-state index >= 15 is 0 Å². The largest absolute Gasteiger partial charge is 0.495 e. The molecule has 0 bridgehead atoms. The predicted molar refractivity (Wildman–Crippen MR) is 123 cm³/mol. The molecule has 3 rings (SSSR count). The van der Waals surface area contributed by atoms with Crippen LogP contribution in [0, 0.1) is 10.1 Å². The van der Waals surface area contributed by atoms with Crippen LogP contribution < -0.4 is 19.3 Å². The van der Waals surface area contributed by atoms with E-state index in [9.17, 15) is 23.3 Å². The Hall–Kier alpha value is -3.34. The van der Waals surface area contributed by atoms with Crippen molar-refractivity contribution in [1.82, 2.24) is 0 Å². The summed E-state index contributed by atoms with van der Waals surface area (Å²) >= 11 is 0. The fourth-order valence-corrected chi connectivity index (χ4v) is 4.46. The Labute approximate surface area is 187 Å². The van der Waals surface area contributed by atoms with Gasteiger partial charge in [-0.15, -0.1) is 0 Å². The van der Waals surface area contributed by atoms with E-state index in [2.05, 4.69) is 10.2 Å². The third-order valence-electron chi connectivity index (χ3n) is 5.20. The van der Waals surface area contributed by atoms with Crippen LogP contribution in [0.25, 0.3) is 0 Å². The molecule has 0 radical (unpaired) electrons. The van der Waals surface area contributed by atoms with E-state index in [0.29, 0.717) is 5.69 Å². The average Bonchev–Trinajstić information content (AvgIpc) is 2.77. The number of amides is 1. The lowest BCUT2D eigenvalue weighted by molar-refractivity contribution is -0.384. The zero-order chi connectivity index (χ0) is 23.3. The molecule has 0 aromatic heterocycles. The zero-order valence-electron chi connectivity index (χ0n) is 18.0. The number of nitro groups is 1. The molecule has 11 heteroatoms. The molecule has 2 aromatic rings. The molecule has 0 unspecified atom stereocenters. The predicted octanol–water partition coefficient (Wildman–Crippen LogP) is 3.00. The van der Waals surface area contributed by atoms with Crippen molar-refractivity contribution in [3.63, 3.8) is 0 Å². The summed E-state index contributed by atoms with van der Waals surface area (Å²) in [6.07, 6.45) is 4.46. The first kappa shape index (κ1) is 23.3. The summed E-state index contributed by atoms with van der Waals surface area (Å²) in [6.45, 7) is 1.43. The van der Waals surface area contributed by atoms with Gasteiger partial charge in [0.15, 0.2) is 0 Å². The summed E-state index contributed by atoms with van der Waals surface area (Å²) in [5, 5.41) is 13.8. The van der Waals surface area contributed by atoms with Crippen molar-refractivity contribution in [2.75, 3.05) is 47.5 Å². The third kappa shape index (κ3) is 5.67. The summed E-state index contributed by atoms with van der Waals surface area (Å²) in [4.78, 5) is 25.4. The lowest BCUT2D eigenvalue weighted by Crippen LogP contribution is -2.37. The molecule has 10 nitrogen and oxygen atoms in total. The van der Waals surface area contributed by atoms with Gasteiger partial charge in [-0.2, -0.15) is 0 Å². The highest BCUT2D eigenvalue weighted by molar-refractivity contribution is 7.92. The Kier molecular flexibility index (Phi) is 7.18. The minimum Gasteiger partial charge on any atom is -0.495 e. The zero-order valence-corrected chi connectivity index (χ0v) is 18.8. The number of piperidine rings is 1. The quantitative estimate of drug-likeness (QED) is 0.473. The maximum atomic E-state index is 12.6. The highest BCUT2D eigenvalue weighted by Gasteiger charge is 2.26. The smallest absolute Gasteiger partial charge is 0.271 e. The van der Waals surface area contributed by atoms with E-state index in [1.54, 1.807) is 12.1 Å². The molecule has 0 saturated carbocycles. The summed E-state index contributed by atoms with van der Waals surface area (Å²) in [6, 6.07) is 10.9. The second-order valence-electron chi connectivity index (χ2n) is 7.53. The first-order valence-electron chi connectivity index (χ1n) is 10.1. The summed E-state index contributed by atoms with van der Waals surface area (Å²) in [5.41, 5.74) is 1.19. The summed E-state index contributed by atoms with van der Waals surface area (Å²) in [7, 11) is -2.62. The SMILES string of the molecule is COc1ccc([N+](=O)[O-])cc1N(CC(=O)Nc1ccc(N2CCCCC2)cc1)S(C)(=O)=O. The maximum absolute atomic E-state index is 12.6. The standard InChI is InChI=1S/C21H26N4O6S/c1-31-20-11-10-18(25(27)28)14-19(20)24(32(2,29)30)15-21(26)22-16-6-8-17(9-7-16)23-12-4-3-5-13-23/h6-11,14H,3-5,12-13,15H2,1-2H3,(H,22,26). The van der Waals surface area contributed by atoms with Gasteiger partial charge in [-0.1, -0.05) is 0 Å². The molecule has 172 valence electrons. The summed E-state index contributed by atoms with van der Waals surface area (Å²) < 4.78 is 30.8. The molecule has 1 fully saturated rings. The van der Waals surface area contributed by atoms with Crippen molar-refractivity contribution >= 4 is 38.7 Å². The van der Waals surface area contributed by atoms with Gasteiger partial charge in [-0.05, 0) is 49.6 Å². The van der Waals surface area contributed by atoms with E-state index in [4.69, 9.17) is 4.74 Å². The topological polar surface area (TPSA) is 122 Å². The number of non-ortho nitro benzene ring substituents is 1. The minimum absolute atomic E-state index is 0.0835. The van der Waals surface area contributed by atoms with Crippen LogP contribution in [0.1, 0.15) is 19.3 Å². The lowest BCUT2D eigenvalue weighted by Gasteiger charge is -2.29. The van der Waals surface area contributed by atoms with Crippen LogP contribution in [-0.2, 0) is 14.8 Å². The number of hydrogen-bond acceptors (Lipinski definition) is 7. The number of hydrogen-bond donors (Lipinski definition) is 1. The molecule has 32 heavy (non-hydrogen) atoms. The van der Waals surface area contributed by atoms with Crippen molar-refractivity contribution in [1.29, 1.82) is 0 Å². The van der Waals surface area contributed by atoms with Gasteiger partial charge in [-0.3, -0.25) is 19.2 Å². The second kappa shape index (κ2) is 9.86. The van der Waals surface area contributed by atoms with Crippen LogP contribution in [0.4, 0.5) is 22.7 Å². The Bertz CT molecular complexity index is 1080. The fraction of sp³-hybridized carbons (Fsp3) is 0.381. The first-order chi connectivity index (χ1) is 15.2. The number of carbonyl (C=O) groups excluding carboxylic acids is 1. The first-order valence-corrected chi connectivity index (χ1v) is 12.0. The number of nitro benzene ring substituents is 1. The van der Waals surface area contributed by atoms with Gasteiger partial charge < -0.3 is 15.0 Å². The Morgan fingerprint density at radius 1 is 1.16 bits per heavy atom. The molecule has 0 atom stereocenters. The molecule has 0 spiro atoms. The number of nitrogens with zero attached hydrogens (tertiary/aromatic N) is 3. The van der Waals surface area contributed by atoms with E-state index in [0.717, 1.165) is 48.2 Å². The Morgan fingerprint density at radius 2 is 1.81 bits per heavy atom. The van der Waals surface area contributed by atoms with Crippen LogP contribution >= 0.6 is 0 Å². The van der Waals surface area contributed by atoms with Crippen molar-refractivity contribution in [2.45, 2.75) is 19.3 Å². The van der Waals surface area contributed by atoms with Crippen LogP contribution in [0.3, 0.4) is 0 Å². The highest BCUT2D eigenvalue weighted by Crippen LogP contribution is 2.33. The number of carbonyl (C=O) groups is 1. The van der Waals surface area contributed by atoms with Crippen LogP contribution in [0.5, 0.6) is 5.75 Å². The number of methoxy groups -OCH3 is 1. The minimum atomic E-state index is -3.94. The van der Waals surface area contributed by atoms with Crippen molar-refractivity contribution in [3.8, 4) is 5.75 Å². The number of benzene rings is 2. The number of nitrogens with one attached hydrogen (secondary N) is 1. The molecule has 1 aliphatic heterocycles. The van der Waals surface area contributed by atoms with Crippen LogP contribution in [0.2, 0.25) is 0 Å². The normalized spacial score (nSPS) is 14.0.